The lowest BCUT2D eigenvalue weighted by Crippen LogP contribution is -2.23. The van der Waals surface area contributed by atoms with Gasteiger partial charge in [0.1, 0.15) is 5.75 Å². The van der Waals surface area contributed by atoms with E-state index in [1.54, 1.807) is 12.1 Å². The zero-order valence-electron chi connectivity index (χ0n) is 16.9. The first-order valence-electron chi connectivity index (χ1n) is 9.89. The van der Waals surface area contributed by atoms with Crippen LogP contribution in [0.1, 0.15) is 22.8 Å². The third kappa shape index (κ3) is 6.07. The second-order valence-electron chi connectivity index (χ2n) is 7.20. The molecule has 1 amide bonds. The first-order chi connectivity index (χ1) is 14.5. The Labute approximate surface area is 176 Å². The summed E-state index contributed by atoms with van der Waals surface area (Å²) in [6, 6.07) is 21.2. The number of phenolic OH excluding ortho intramolecular Hbond substituents is 1. The number of phenols is 1. The van der Waals surface area contributed by atoms with Gasteiger partial charge in [-0.1, -0.05) is 35.9 Å². The number of aromatic hydroxyl groups is 1. The van der Waals surface area contributed by atoms with Crippen LogP contribution in [0.15, 0.2) is 66.7 Å². The van der Waals surface area contributed by atoms with Gasteiger partial charge >= 0.3 is 0 Å². The van der Waals surface area contributed by atoms with Gasteiger partial charge in [0.15, 0.2) is 0 Å². The van der Waals surface area contributed by atoms with Crippen molar-refractivity contribution >= 4 is 23.5 Å². The largest absolute Gasteiger partial charge is 0.506 e. The van der Waals surface area contributed by atoms with Crippen LogP contribution in [-0.2, 0) is 11.2 Å². The maximum atomic E-state index is 10.6. The van der Waals surface area contributed by atoms with E-state index >= 15 is 0 Å². The second kappa shape index (κ2) is 10.4. The monoisotopic (exact) mass is 405 g/mol. The van der Waals surface area contributed by atoms with Crippen molar-refractivity contribution < 1.29 is 15.0 Å². The summed E-state index contributed by atoms with van der Waals surface area (Å²) in [4.78, 5) is 10.6. The quantitative estimate of drug-likeness (QED) is 0.201. The number of nitrogens with one attached hydrogen (secondary N) is 3. The minimum absolute atomic E-state index is 0.0358. The summed E-state index contributed by atoms with van der Waals surface area (Å²) in [5, 5.41) is 29.0. The maximum Gasteiger partial charge on any atom is 0.211 e. The smallest absolute Gasteiger partial charge is 0.211 e. The lowest BCUT2D eigenvalue weighted by atomic mass is 10.1. The normalized spacial score (nSPS) is 11.7. The third-order valence-corrected chi connectivity index (χ3v) is 4.84. The maximum absolute atomic E-state index is 10.6. The number of benzene rings is 3. The predicted octanol–water partition coefficient (Wildman–Crippen LogP) is 3.88. The SMILES string of the molecule is Cc1ccc(Nc2ccc(CCNCC(O)c3ccc(O)c(NC=O)c3)cc2)cc1. The van der Waals surface area contributed by atoms with Crippen molar-refractivity contribution in [1.82, 2.24) is 5.32 Å². The summed E-state index contributed by atoms with van der Waals surface area (Å²) in [5.41, 5.74) is 5.44. The van der Waals surface area contributed by atoms with E-state index in [1.165, 1.54) is 17.2 Å². The molecular weight excluding hydrogens is 378 g/mol. The number of aryl methyl sites for hydroxylation is 1. The fourth-order valence-corrected chi connectivity index (χ4v) is 3.09. The number of aliphatic hydroxyl groups is 1. The molecule has 30 heavy (non-hydrogen) atoms. The van der Waals surface area contributed by atoms with E-state index in [9.17, 15) is 15.0 Å². The zero-order chi connectivity index (χ0) is 21.3. The van der Waals surface area contributed by atoms with Gasteiger partial charge in [0.2, 0.25) is 6.41 Å². The second-order valence-corrected chi connectivity index (χ2v) is 7.20. The number of amides is 1. The molecule has 0 aliphatic carbocycles. The molecule has 0 radical (unpaired) electrons. The predicted molar refractivity (Wildman–Crippen MR) is 120 cm³/mol. The highest BCUT2D eigenvalue weighted by Gasteiger charge is 2.10. The molecule has 1 atom stereocenters. The molecule has 6 nitrogen and oxygen atoms in total. The highest BCUT2D eigenvalue weighted by Crippen LogP contribution is 2.26. The van der Waals surface area contributed by atoms with Crippen molar-refractivity contribution in [3.8, 4) is 5.75 Å². The molecule has 3 rings (SSSR count). The highest BCUT2D eigenvalue weighted by molar-refractivity contribution is 5.75. The molecule has 5 N–H and O–H groups in total. The minimum Gasteiger partial charge on any atom is -0.506 e. The Morgan fingerprint density at radius 3 is 2.30 bits per heavy atom. The number of anilines is 3. The van der Waals surface area contributed by atoms with Crippen LogP contribution in [0.25, 0.3) is 0 Å². The highest BCUT2D eigenvalue weighted by atomic mass is 16.3. The Morgan fingerprint density at radius 1 is 0.967 bits per heavy atom. The third-order valence-electron chi connectivity index (χ3n) is 4.84. The molecule has 0 saturated carbocycles. The van der Waals surface area contributed by atoms with Gasteiger partial charge in [-0.05, 0) is 67.4 Å². The number of aliphatic hydroxyl groups excluding tert-OH is 1. The van der Waals surface area contributed by atoms with Gasteiger partial charge in [-0.3, -0.25) is 4.79 Å². The van der Waals surface area contributed by atoms with Crippen molar-refractivity contribution in [2.75, 3.05) is 23.7 Å². The number of hydrogen-bond donors (Lipinski definition) is 5. The number of hydrogen-bond acceptors (Lipinski definition) is 5. The van der Waals surface area contributed by atoms with Crippen LogP contribution in [0.2, 0.25) is 0 Å². The summed E-state index contributed by atoms with van der Waals surface area (Å²) < 4.78 is 0. The van der Waals surface area contributed by atoms with Gasteiger partial charge in [-0.15, -0.1) is 0 Å². The van der Waals surface area contributed by atoms with Crippen LogP contribution in [0.3, 0.4) is 0 Å². The number of rotatable bonds is 10. The first kappa shape index (κ1) is 21.4. The Bertz CT molecular complexity index is 956. The Hall–Kier alpha value is -3.35. The van der Waals surface area contributed by atoms with E-state index in [0.29, 0.717) is 18.5 Å². The molecule has 156 valence electrons. The average Bonchev–Trinajstić information content (AvgIpc) is 2.75. The van der Waals surface area contributed by atoms with Gasteiger partial charge < -0.3 is 26.2 Å². The van der Waals surface area contributed by atoms with Gasteiger partial charge in [0, 0.05) is 17.9 Å². The van der Waals surface area contributed by atoms with Crippen LogP contribution < -0.4 is 16.0 Å². The van der Waals surface area contributed by atoms with Crippen LogP contribution in [0, 0.1) is 6.92 Å². The minimum atomic E-state index is -0.737. The summed E-state index contributed by atoms with van der Waals surface area (Å²) in [5.74, 6) is -0.0358. The Kier molecular flexibility index (Phi) is 7.43. The molecule has 0 saturated heterocycles. The van der Waals surface area contributed by atoms with Crippen LogP contribution in [-0.4, -0.2) is 29.7 Å². The molecule has 0 spiro atoms. The molecule has 0 fully saturated rings. The summed E-state index contributed by atoms with van der Waals surface area (Å²) in [6.45, 7) is 3.16. The van der Waals surface area contributed by atoms with Gasteiger partial charge in [0.25, 0.3) is 0 Å². The van der Waals surface area contributed by atoms with Gasteiger partial charge in [-0.2, -0.15) is 0 Å². The molecule has 6 heteroatoms. The lowest BCUT2D eigenvalue weighted by Gasteiger charge is -2.14. The summed E-state index contributed by atoms with van der Waals surface area (Å²) in [6.07, 6.45) is 0.592. The fraction of sp³-hybridized carbons (Fsp3) is 0.208. The summed E-state index contributed by atoms with van der Waals surface area (Å²) in [7, 11) is 0. The van der Waals surface area contributed by atoms with Crippen molar-refractivity contribution in [3.05, 3.63) is 83.4 Å². The van der Waals surface area contributed by atoms with E-state index < -0.39 is 6.10 Å². The van der Waals surface area contributed by atoms with E-state index in [4.69, 9.17) is 0 Å². The molecule has 0 aliphatic rings. The molecular formula is C24H27N3O3. The molecule has 0 aromatic heterocycles. The molecule has 3 aromatic rings. The van der Waals surface area contributed by atoms with Gasteiger partial charge in [0.05, 0.1) is 11.8 Å². The van der Waals surface area contributed by atoms with E-state index in [2.05, 4.69) is 71.4 Å². The van der Waals surface area contributed by atoms with Crippen LogP contribution >= 0.6 is 0 Å². The standard InChI is InChI=1S/C24H27N3O3/c1-17-2-7-20(8-3-17)27-21-9-4-18(5-10-21)12-13-25-15-24(30)19-6-11-23(29)22(14-19)26-16-28/h2-11,14,16,24-25,27,29-30H,12-13,15H2,1H3,(H,26,28). The van der Waals surface area contributed by atoms with Crippen molar-refractivity contribution in [2.24, 2.45) is 0 Å². The van der Waals surface area contributed by atoms with Crippen molar-refractivity contribution in [2.45, 2.75) is 19.4 Å². The first-order valence-corrected chi connectivity index (χ1v) is 9.89. The molecule has 0 aliphatic heterocycles. The molecule has 0 bridgehead atoms. The van der Waals surface area contributed by atoms with E-state index in [1.807, 2.05) is 0 Å². The van der Waals surface area contributed by atoms with E-state index in [0.717, 1.165) is 24.3 Å². The number of carbonyl (C=O) groups is 1. The Morgan fingerprint density at radius 2 is 1.63 bits per heavy atom. The topological polar surface area (TPSA) is 93.6 Å². The fourth-order valence-electron chi connectivity index (χ4n) is 3.09. The average molecular weight is 405 g/mol. The zero-order valence-corrected chi connectivity index (χ0v) is 16.9. The van der Waals surface area contributed by atoms with E-state index in [-0.39, 0.29) is 11.4 Å². The van der Waals surface area contributed by atoms with Crippen molar-refractivity contribution in [1.29, 1.82) is 0 Å². The van der Waals surface area contributed by atoms with Crippen molar-refractivity contribution in [3.63, 3.8) is 0 Å². The molecule has 3 aromatic carbocycles. The van der Waals surface area contributed by atoms with Crippen LogP contribution in [0.5, 0.6) is 5.75 Å². The number of carbonyl (C=O) groups excluding carboxylic acids is 1. The molecule has 0 heterocycles. The summed E-state index contributed by atoms with van der Waals surface area (Å²) >= 11 is 0. The Balaban J connectivity index is 1.44. The molecule has 1 unspecified atom stereocenters. The van der Waals surface area contributed by atoms with Gasteiger partial charge in [-0.25, -0.2) is 0 Å². The lowest BCUT2D eigenvalue weighted by molar-refractivity contribution is -0.105. The van der Waals surface area contributed by atoms with Crippen LogP contribution in [0.4, 0.5) is 17.1 Å².